The monoisotopic (exact) mass is 410 g/mol. The molecule has 156 valence electrons. The Hall–Kier alpha value is -3.20. The van der Waals surface area contributed by atoms with Crippen LogP contribution in [0.3, 0.4) is 0 Å². The van der Waals surface area contributed by atoms with Gasteiger partial charge < -0.3 is 20.3 Å². The number of pyridine rings is 2. The molecule has 2 atom stereocenters. The first kappa shape index (κ1) is 18.8. The second-order valence-electron chi connectivity index (χ2n) is 7.58. The molecule has 5 rings (SSSR count). The topological polar surface area (TPSA) is 83.8 Å². The van der Waals surface area contributed by atoms with Crippen LogP contribution < -0.4 is 20.3 Å². The number of fused-ring (bicyclic) bond motifs is 1. The van der Waals surface area contributed by atoms with Gasteiger partial charge in [-0.1, -0.05) is 6.07 Å². The van der Waals surface area contributed by atoms with Gasteiger partial charge in [0.2, 0.25) is 5.91 Å². The molecule has 2 fully saturated rings. The van der Waals surface area contributed by atoms with Gasteiger partial charge in [-0.15, -0.1) is 0 Å². The minimum atomic E-state index is -0.945. The summed E-state index contributed by atoms with van der Waals surface area (Å²) in [5.74, 6) is 1.31. The van der Waals surface area contributed by atoms with Crippen molar-refractivity contribution in [3.63, 3.8) is 0 Å². The molecular formula is C21H23FN6O2. The fraction of sp³-hybridized carbons (Fsp3) is 0.381. The lowest BCUT2D eigenvalue weighted by Gasteiger charge is -2.19. The molecule has 0 radical (unpaired) electrons. The van der Waals surface area contributed by atoms with Gasteiger partial charge in [-0.3, -0.25) is 9.20 Å². The van der Waals surface area contributed by atoms with E-state index in [9.17, 15) is 9.18 Å². The highest BCUT2D eigenvalue weighted by molar-refractivity contribution is 5.97. The molecular weight excluding hydrogens is 387 g/mol. The zero-order valence-corrected chi connectivity index (χ0v) is 16.6. The van der Waals surface area contributed by atoms with Crippen molar-refractivity contribution in [2.45, 2.75) is 25.1 Å². The molecule has 1 amide bonds. The minimum absolute atomic E-state index is 0.0876. The van der Waals surface area contributed by atoms with E-state index in [0.29, 0.717) is 49.0 Å². The summed E-state index contributed by atoms with van der Waals surface area (Å²) in [6.45, 7) is 1.59. The first-order chi connectivity index (χ1) is 14.6. The van der Waals surface area contributed by atoms with Gasteiger partial charge in [0, 0.05) is 38.3 Å². The average Bonchev–Trinajstić information content (AvgIpc) is 3.47. The number of nitrogens with zero attached hydrogens (tertiary/aromatic N) is 4. The molecule has 30 heavy (non-hydrogen) atoms. The molecule has 5 heterocycles. The highest BCUT2D eigenvalue weighted by Gasteiger charge is 2.27. The van der Waals surface area contributed by atoms with Crippen LogP contribution in [-0.4, -0.2) is 59.2 Å². The maximum Gasteiger partial charge on any atom is 0.227 e. The van der Waals surface area contributed by atoms with Crippen molar-refractivity contribution in [3.8, 4) is 17.1 Å². The van der Waals surface area contributed by atoms with Crippen molar-refractivity contribution >= 4 is 23.1 Å². The van der Waals surface area contributed by atoms with E-state index in [1.807, 2.05) is 34.9 Å². The van der Waals surface area contributed by atoms with Crippen molar-refractivity contribution in [3.05, 3.63) is 36.7 Å². The van der Waals surface area contributed by atoms with Crippen LogP contribution >= 0.6 is 0 Å². The zero-order chi connectivity index (χ0) is 20.7. The number of ether oxygens (including phenoxy) is 1. The van der Waals surface area contributed by atoms with E-state index in [-0.39, 0.29) is 11.9 Å². The predicted molar refractivity (Wildman–Crippen MR) is 112 cm³/mol. The smallest absolute Gasteiger partial charge is 0.227 e. The Morgan fingerprint density at radius 1 is 1.33 bits per heavy atom. The Balaban J connectivity index is 1.53. The van der Waals surface area contributed by atoms with E-state index < -0.39 is 6.17 Å². The van der Waals surface area contributed by atoms with Crippen LogP contribution in [0.25, 0.3) is 17.0 Å². The number of alkyl halides is 1. The first-order valence-corrected chi connectivity index (χ1v) is 10.1. The molecule has 0 saturated carbocycles. The highest BCUT2D eigenvalue weighted by Crippen LogP contribution is 2.34. The summed E-state index contributed by atoms with van der Waals surface area (Å²) in [5.41, 5.74) is 2.91. The summed E-state index contributed by atoms with van der Waals surface area (Å²) in [6, 6.07) is 7.12. The second kappa shape index (κ2) is 7.56. The van der Waals surface area contributed by atoms with E-state index >= 15 is 0 Å². The van der Waals surface area contributed by atoms with Crippen LogP contribution in [-0.2, 0) is 4.79 Å². The van der Waals surface area contributed by atoms with Crippen LogP contribution in [0.15, 0.2) is 36.7 Å². The fourth-order valence-corrected chi connectivity index (χ4v) is 4.09. The summed E-state index contributed by atoms with van der Waals surface area (Å²) in [4.78, 5) is 23.2. The van der Waals surface area contributed by atoms with E-state index in [0.717, 1.165) is 17.8 Å². The zero-order valence-electron chi connectivity index (χ0n) is 16.6. The summed E-state index contributed by atoms with van der Waals surface area (Å²) in [7, 11) is 1.59. The quantitative estimate of drug-likeness (QED) is 0.671. The fourth-order valence-electron chi connectivity index (χ4n) is 4.09. The van der Waals surface area contributed by atoms with Crippen LogP contribution in [0.1, 0.15) is 12.8 Å². The summed E-state index contributed by atoms with van der Waals surface area (Å²) in [6.07, 6.45) is 4.04. The number of methoxy groups -OCH3 is 1. The van der Waals surface area contributed by atoms with Crippen molar-refractivity contribution in [1.82, 2.24) is 19.7 Å². The van der Waals surface area contributed by atoms with Gasteiger partial charge in [0.15, 0.2) is 0 Å². The Morgan fingerprint density at radius 2 is 2.23 bits per heavy atom. The standard InChI is InChI=1S/C21H23FN6O2/c1-30-18-8-20-24-11-16(28(20)12-17(18)27-7-3-6-21(27)29)14-4-2-5-19(25-14)26-15-10-23-9-13(15)22/h2,4-5,8,11-13,15,23H,3,6-7,9-10H2,1H3,(H,25,26)/t13-,15-/m1/s1. The van der Waals surface area contributed by atoms with Crippen molar-refractivity contribution < 1.29 is 13.9 Å². The molecule has 9 heteroatoms. The second-order valence-corrected chi connectivity index (χ2v) is 7.58. The minimum Gasteiger partial charge on any atom is -0.494 e. The highest BCUT2D eigenvalue weighted by atomic mass is 19.1. The van der Waals surface area contributed by atoms with Gasteiger partial charge in [-0.2, -0.15) is 0 Å². The van der Waals surface area contributed by atoms with Crippen LogP contribution in [0.5, 0.6) is 5.75 Å². The third kappa shape index (κ3) is 3.24. The van der Waals surface area contributed by atoms with Gasteiger partial charge in [-0.05, 0) is 18.6 Å². The molecule has 3 aromatic rings. The lowest BCUT2D eigenvalue weighted by molar-refractivity contribution is -0.117. The molecule has 2 aliphatic rings. The van der Waals surface area contributed by atoms with E-state index in [4.69, 9.17) is 4.74 Å². The number of nitrogens with one attached hydrogen (secondary N) is 2. The number of amides is 1. The molecule has 3 aromatic heterocycles. The van der Waals surface area contributed by atoms with Gasteiger partial charge in [-0.25, -0.2) is 14.4 Å². The third-order valence-electron chi connectivity index (χ3n) is 5.66. The molecule has 0 aromatic carbocycles. The van der Waals surface area contributed by atoms with Crippen LogP contribution in [0, 0.1) is 0 Å². The molecule has 2 saturated heterocycles. The van der Waals surface area contributed by atoms with Crippen LogP contribution in [0.2, 0.25) is 0 Å². The number of carbonyl (C=O) groups excluding carboxylic acids is 1. The maximum absolute atomic E-state index is 13.9. The van der Waals surface area contributed by atoms with Gasteiger partial charge in [0.1, 0.15) is 29.1 Å². The number of hydrogen-bond acceptors (Lipinski definition) is 6. The SMILES string of the molecule is COc1cc2ncc(-c3cccc(N[C@@H]4CNC[C@H]4F)n3)n2cc1N1CCCC1=O. The number of aromatic nitrogens is 3. The summed E-state index contributed by atoms with van der Waals surface area (Å²) < 4.78 is 21.4. The third-order valence-corrected chi connectivity index (χ3v) is 5.66. The number of imidazole rings is 1. The molecule has 0 unspecified atom stereocenters. The van der Waals surface area contributed by atoms with E-state index in [1.54, 1.807) is 18.2 Å². The molecule has 0 aliphatic carbocycles. The molecule has 0 bridgehead atoms. The van der Waals surface area contributed by atoms with Gasteiger partial charge >= 0.3 is 0 Å². The van der Waals surface area contributed by atoms with E-state index in [2.05, 4.69) is 20.6 Å². The number of halogens is 1. The summed E-state index contributed by atoms with van der Waals surface area (Å²) >= 11 is 0. The number of hydrogen-bond donors (Lipinski definition) is 2. The summed E-state index contributed by atoms with van der Waals surface area (Å²) in [5, 5.41) is 6.20. The Morgan fingerprint density at radius 3 is 2.97 bits per heavy atom. The molecule has 8 nitrogen and oxygen atoms in total. The lowest BCUT2D eigenvalue weighted by Crippen LogP contribution is -2.29. The lowest BCUT2D eigenvalue weighted by atomic mass is 10.2. The predicted octanol–water partition coefficient (Wildman–Crippen LogP) is 2.25. The Labute approximate surface area is 173 Å². The maximum atomic E-state index is 13.9. The van der Waals surface area contributed by atoms with Gasteiger partial charge in [0.05, 0.1) is 30.7 Å². The number of anilines is 2. The average molecular weight is 410 g/mol. The normalized spacial score (nSPS) is 21.5. The number of rotatable bonds is 5. The van der Waals surface area contributed by atoms with Crippen molar-refractivity contribution in [2.75, 3.05) is 37.0 Å². The molecule has 2 aliphatic heterocycles. The molecule has 2 N–H and O–H groups in total. The van der Waals surface area contributed by atoms with Crippen molar-refractivity contribution in [1.29, 1.82) is 0 Å². The molecule has 0 spiro atoms. The number of carbonyl (C=O) groups is 1. The van der Waals surface area contributed by atoms with E-state index in [1.165, 1.54) is 0 Å². The van der Waals surface area contributed by atoms with Crippen molar-refractivity contribution in [2.24, 2.45) is 0 Å². The first-order valence-electron chi connectivity index (χ1n) is 10.1. The Bertz CT molecular complexity index is 1100. The Kier molecular flexibility index (Phi) is 4.74. The van der Waals surface area contributed by atoms with Crippen LogP contribution in [0.4, 0.5) is 15.9 Å². The van der Waals surface area contributed by atoms with Gasteiger partial charge in [0.25, 0.3) is 0 Å². The largest absolute Gasteiger partial charge is 0.494 e.